The number of sulfonamides is 1. The van der Waals surface area contributed by atoms with E-state index in [0.29, 0.717) is 43.2 Å². The van der Waals surface area contributed by atoms with Crippen LogP contribution in [0.15, 0.2) is 41.3 Å². The number of carbonyl (C=O) groups is 1. The summed E-state index contributed by atoms with van der Waals surface area (Å²) in [4.78, 5) is 20.1. The number of unbranched alkanes of at least 4 members (excludes halogenated alkanes) is 2. The number of anilines is 1. The number of rotatable bonds is 14. The Morgan fingerprint density at radius 3 is 2.00 bits per heavy atom. The van der Waals surface area contributed by atoms with E-state index in [0.717, 1.165) is 57.4 Å². The van der Waals surface area contributed by atoms with Crippen molar-refractivity contribution in [2.75, 3.05) is 64.3 Å². The Morgan fingerprint density at radius 1 is 0.900 bits per heavy atom. The van der Waals surface area contributed by atoms with Gasteiger partial charge in [-0.15, -0.1) is 0 Å². The fourth-order valence-corrected chi connectivity index (χ4v) is 6.52. The number of piperazine rings is 1. The van der Waals surface area contributed by atoms with Gasteiger partial charge in [0.05, 0.1) is 5.69 Å². The van der Waals surface area contributed by atoms with Crippen molar-refractivity contribution in [3.8, 4) is 11.5 Å². The fraction of sp³-hybridized carbons (Fsp3) is 0.581. The third-order valence-electron chi connectivity index (χ3n) is 7.54. The van der Waals surface area contributed by atoms with E-state index in [1.807, 2.05) is 63.1 Å². The quantitative estimate of drug-likeness (QED) is 0.293. The third-order valence-corrected chi connectivity index (χ3v) is 9.60. The molecule has 9 heteroatoms. The van der Waals surface area contributed by atoms with E-state index in [1.165, 1.54) is 4.31 Å². The number of nitrogens with zero attached hydrogens (tertiary/aromatic N) is 4. The van der Waals surface area contributed by atoms with Crippen LogP contribution in [0.5, 0.6) is 11.5 Å². The number of amides is 1. The van der Waals surface area contributed by atoms with E-state index in [-0.39, 0.29) is 16.6 Å². The molecule has 40 heavy (non-hydrogen) atoms. The van der Waals surface area contributed by atoms with Crippen LogP contribution in [0.4, 0.5) is 5.69 Å². The maximum atomic E-state index is 14.2. The second-order valence-electron chi connectivity index (χ2n) is 10.6. The summed E-state index contributed by atoms with van der Waals surface area (Å²) in [5, 5.41) is 0. The number of carbonyl (C=O) groups excluding carboxylic acids is 1. The molecule has 0 spiro atoms. The van der Waals surface area contributed by atoms with Gasteiger partial charge >= 0.3 is 0 Å². The zero-order chi connectivity index (χ0) is 29.3. The molecule has 3 rings (SSSR count). The molecule has 222 valence electrons. The normalized spacial score (nSPS) is 14.5. The lowest BCUT2D eigenvalue weighted by molar-refractivity contribution is 0.0664. The standard InChI is InChI=1S/C31H48N4O4S/c1-7-11-17-33(18-12-8-2)28-23-26(31(36)34-21-19-32(6)20-22-34)24-29(40(37,38)35(9-3)10-4)30(28)39-27-15-13-25(5)14-16-27/h13-16,23-24H,7-12,17-22H2,1-6H3. The van der Waals surface area contributed by atoms with Crippen LogP contribution in [0.3, 0.4) is 0 Å². The van der Waals surface area contributed by atoms with Crippen LogP contribution >= 0.6 is 0 Å². The van der Waals surface area contributed by atoms with Gasteiger partial charge in [-0.05, 0) is 51.1 Å². The van der Waals surface area contributed by atoms with Gasteiger partial charge in [-0.25, -0.2) is 8.42 Å². The molecule has 0 atom stereocenters. The molecule has 8 nitrogen and oxygen atoms in total. The molecule has 0 aliphatic carbocycles. The molecule has 1 heterocycles. The summed E-state index contributed by atoms with van der Waals surface area (Å²) in [6.07, 6.45) is 3.90. The Bertz CT molecular complexity index is 1200. The van der Waals surface area contributed by atoms with Crippen LogP contribution in [0.2, 0.25) is 0 Å². The number of ether oxygens (including phenoxy) is 1. The Hall–Kier alpha value is -2.62. The van der Waals surface area contributed by atoms with Crippen molar-refractivity contribution in [3.63, 3.8) is 0 Å². The van der Waals surface area contributed by atoms with Gasteiger partial charge in [-0.3, -0.25) is 4.79 Å². The van der Waals surface area contributed by atoms with Crippen molar-refractivity contribution in [2.24, 2.45) is 0 Å². The summed E-state index contributed by atoms with van der Waals surface area (Å²) in [6.45, 7) is 14.9. The summed E-state index contributed by atoms with van der Waals surface area (Å²) < 4.78 is 36.2. The highest BCUT2D eigenvalue weighted by Gasteiger charge is 2.32. The zero-order valence-electron chi connectivity index (χ0n) is 25.3. The first-order valence-electron chi connectivity index (χ1n) is 14.8. The van der Waals surface area contributed by atoms with E-state index >= 15 is 0 Å². The van der Waals surface area contributed by atoms with Crippen molar-refractivity contribution in [1.82, 2.24) is 14.1 Å². The minimum atomic E-state index is -3.95. The minimum absolute atomic E-state index is 0.0461. The van der Waals surface area contributed by atoms with Gasteiger partial charge in [-0.2, -0.15) is 4.31 Å². The van der Waals surface area contributed by atoms with Crippen molar-refractivity contribution >= 4 is 21.6 Å². The molecule has 2 aromatic carbocycles. The Labute approximate surface area is 241 Å². The molecule has 1 saturated heterocycles. The van der Waals surface area contributed by atoms with Gasteiger partial charge in [-0.1, -0.05) is 58.2 Å². The van der Waals surface area contributed by atoms with Gasteiger partial charge < -0.3 is 19.4 Å². The summed E-state index contributed by atoms with van der Waals surface area (Å²) in [5.74, 6) is 0.711. The lowest BCUT2D eigenvalue weighted by Gasteiger charge is -2.33. The maximum absolute atomic E-state index is 14.2. The Kier molecular flexibility index (Phi) is 11.8. The Morgan fingerprint density at radius 2 is 1.48 bits per heavy atom. The summed E-state index contributed by atoms with van der Waals surface area (Å²) in [6, 6.07) is 11.0. The molecular weight excluding hydrogens is 524 g/mol. The molecule has 0 bridgehead atoms. The molecular formula is C31H48N4O4S. The van der Waals surface area contributed by atoms with Crippen LogP contribution < -0.4 is 9.64 Å². The van der Waals surface area contributed by atoms with Crippen LogP contribution in [0.25, 0.3) is 0 Å². The molecule has 1 aliphatic heterocycles. The molecule has 1 amide bonds. The molecule has 1 fully saturated rings. The van der Waals surface area contributed by atoms with E-state index in [4.69, 9.17) is 4.74 Å². The Balaban J connectivity index is 2.27. The summed E-state index contributed by atoms with van der Waals surface area (Å²) >= 11 is 0. The lowest BCUT2D eigenvalue weighted by atomic mass is 10.1. The first-order valence-corrected chi connectivity index (χ1v) is 16.3. The van der Waals surface area contributed by atoms with E-state index in [1.54, 1.807) is 6.07 Å². The molecule has 2 aromatic rings. The van der Waals surface area contributed by atoms with Crippen molar-refractivity contribution in [2.45, 2.75) is 65.2 Å². The minimum Gasteiger partial charge on any atom is -0.454 e. The summed E-state index contributed by atoms with van der Waals surface area (Å²) in [7, 11) is -1.90. The first-order chi connectivity index (χ1) is 19.2. The SMILES string of the molecule is CCCCN(CCCC)c1cc(C(=O)N2CCN(C)CC2)cc(S(=O)(=O)N(CC)CC)c1Oc1ccc(C)cc1. The molecule has 1 aliphatic rings. The lowest BCUT2D eigenvalue weighted by Crippen LogP contribution is -2.47. The zero-order valence-corrected chi connectivity index (χ0v) is 26.1. The van der Waals surface area contributed by atoms with E-state index in [9.17, 15) is 13.2 Å². The number of likely N-dealkylation sites (N-methyl/N-ethyl adjacent to an activating group) is 1. The topological polar surface area (TPSA) is 73.4 Å². The number of hydrogen-bond acceptors (Lipinski definition) is 6. The van der Waals surface area contributed by atoms with Crippen LogP contribution in [0, 0.1) is 6.92 Å². The van der Waals surface area contributed by atoms with Crippen LogP contribution in [0.1, 0.15) is 69.3 Å². The molecule has 0 radical (unpaired) electrons. The van der Waals surface area contributed by atoms with Crippen molar-refractivity contribution in [1.29, 1.82) is 0 Å². The highest BCUT2D eigenvalue weighted by atomic mass is 32.2. The second kappa shape index (κ2) is 14.8. The fourth-order valence-electron chi connectivity index (χ4n) is 4.91. The predicted molar refractivity (Wildman–Crippen MR) is 163 cm³/mol. The molecule has 0 saturated carbocycles. The predicted octanol–water partition coefficient (Wildman–Crippen LogP) is 5.61. The van der Waals surface area contributed by atoms with Crippen LogP contribution in [-0.4, -0.2) is 87.8 Å². The average Bonchev–Trinajstić information content (AvgIpc) is 2.95. The van der Waals surface area contributed by atoms with E-state index in [2.05, 4.69) is 23.6 Å². The monoisotopic (exact) mass is 572 g/mol. The summed E-state index contributed by atoms with van der Waals surface area (Å²) in [5.41, 5.74) is 2.14. The number of hydrogen-bond donors (Lipinski definition) is 0. The van der Waals surface area contributed by atoms with Gasteiger partial charge in [0.2, 0.25) is 10.0 Å². The smallest absolute Gasteiger partial charge is 0.254 e. The highest BCUT2D eigenvalue weighted by molar-refractivity contribution is 7.89. The molecule has 0 aromatic heterocycles. The van der Waals surface area contributed by atoms with Gasteiger partial charge in [0, 0.05) is 57.9 Å². The second-order valence-corrected chi connectivity index (χ2v) is 12.5. The van der Waals surface area contributed by atoms with Crippen LogP contribution in [-0.2, 0) is 10.0 Å². The van der Waals surface area contributed by atoms with Gasteiger partial charge in [0.15, 0.2) is 5.75 Å². The van der Waals surface area contributed by atoms with Gasteiger partial charge in [0.25, 0.3) is 5.91 Å². The first kappa shape index (κ1) is 31.9. The van der Waals surface area contributed by atoms with Crippen molar-refractivity contribution < 1.29 is 17.9 Å². The van der Waals surface area contributed by atoms with Gasteiger partial charge in [0.1, 0.15) is 10.6 Å². The maximum Gasteiger partial charge on any atom is 0.254 e. The molecule has 0 unspecified atom stereocenters. The largest absolute Gasteiger partial charge is 0.454 e. The van der Waals surface area contributed by atoms with Crippen molar-refractivity contribution in [3.05, 3.63) is 47.5 Å². The highest BCUT2D eigenvalue weighted by Crippen LogP contribution is 2.41. The number of benzene rings is 2. The third kappa shape index (κ3) is 7.77. The molecule has 0 N–H and O–H groups in total. The number of aryl methyl sites for hydroxylation is 1. The average molecular weight is 573 g/mol. The van der Waals surface area contributed by atoms with E-state index < -0.39 is 10.0 Å².